The van der Waals surface area contributed by atoms with Gasteiger partial charge in [0.2, 0.25) is 0 Å². The van der Waals surface area contributed by atoms with Crippen LogP contribution in [0.25, 0.3) is 11.1 Å². The Labute approximate surface area is 211 Å². The van der Waals surface area contributed by atoms with Gasteiger partial charge in [-0.25, -0.2) is 4.39 Å². The first kappa shape index (κ1) is 26.1. The number of nitrogens with one attached hydrogen (secondary N) is 2. The van der Waals surface area contributed by atoms with E-state index in [-0.39, 0.29) is 23.4 Å². The molecule has 0 unspecified atom stereocenters. The van der Waals surface area contributed by atoms with Crippen molar-refractivity contribution in [2.75, 3.05) is 59.7 Å². The van der Waals surface area contributed by atoms with Crippen LogP contribution in [0.2, 0.25) is 0 Å². The maximum Gasteiger partial charge on any atom is 0.254 e. The summed E-state index contributed by atoms with van der Waals surface area (Å²) in [5.41, 5.74) is 1.56. The molecule has 2 aromatic carbocycles. The van der Waals surface area contributed by atoms with Gasteiger partial charge >= 0.3 is 0 Å². The Hall–Kier alpha value is -3.01. The summed E-state index contributed by atoms with van der Waals surface area (Å²) in [5, 5.41) is 6.35. The molecule has 2 aliphatic rings. The lowest BCUT2D eigenvalue weighted by Gasteiger charge is -2.27. The molecule has 4 rings (SSSR count). The monoisotopic (exact) mass is 499 g/mol. The third-order valence-electron chi connectivity index (χ3n) is 6.43. The number of rotatable bonds is 9. The molecular weight excluding hydrogens is 465 g/mol. The van der Waals surface area contributed by atoms with Gasteiger partial charge in [0.15, 0.2) is 0 Å². The van der Waals surface area contributed by atoms with Gasteiger partial charge in [-0.05, 0) is 55.8 Å². The normalized spacial score (nSPS) is 18.1. The van der Waals surface area contributed by atoms with Crippen LogP contribution in [0.5, 0.6) is 5.75 Å². The zero-order valence-corrected chi connectivity index (χ0v) is 20.7. The van der Waals surface area contributed by atoms with Gasteiger partial charge in [-0.2, -0.15) is 0 Å². The molecule has 2 fully saturated rings. The van der Waals surface area contributed by atoms with Crippen LogP contribution < -0.4 is 15.4 Å². The van der Waals surface area contributed by atoms with Crippen molar-refractivity contribution in [2.45, 2.75) is 25.3 Å². The van der Waals surface area contributed by atoms with E-state index >= 15 is 4.39 Å². The maximum atomic E-state index is 15.0. The van der Waals surface area contributed by atoms with Gasteiger partial charge in [0, 0.05) is 68.1 Å². The number of hydrogen-bond acceptors (Lipinski definition) is 6. The number of morpholine rings is 1. The molecule has 8 nitrogen and oxygen atoms in total. The fraction of sp³-hybridized carbons (Fsp3) is 0.481. The van der Waals surface area contributed by atoms with E-state index in [2.05, 4.69) is 10.6 Å². The standard InChI is InChI=1S/C27H34FN3O5/c1-34-12-3-13-36-25-17-19(26(32)30-21-4-2-9-29-18-21)5-7-22(25)23-16-20(6-8-24(23)28)27(33)31-10-14-35-15-11-31/h5-8,16-17,21,29H,2-4,9-15,18H2,1H3,(H,30,32)/t21-/m1/s1. The molecular formula is C27H34FN3O5. The molecule has 0 aliphatic carbocycles. The van der Waals surface area contributed by atoms with Crippen molar-refractivity contribution in [1.82, 2.24) is 15.5 Å². The minimum Gasteiger partial charge on any atom is -0.493 e. The molecule has 0 saturated carbocycles. The molecule has 0 aromatic heterocycles. The number of carbonyl (C=O) groups is 2. The second-order valence-electron chi connectivity index (χ2n) is 9.02. The highest BCUT2D eigenvalue weighted by molar-refractivity contribution is 5.97. The van der Waals surface area contributed by atoms with E-state index in [4.69, 9.17) is 14.2 Å². The van der Waals surface area contributed by atoms with Gasteiger partial charge in [-0.3, -0.25) is 9.59 Å². The van der Waals surface area contributed by atoms with Crippen LogP contribution in [0.15, 0.2) is 36.4 Å². The highest BCUT2D eigenvalue weighted by Gasteiger charge is 2.22. The summed E-state index contributed by atoms with van der Waals surface area (Å²) in [6.07, 6.45) is 2.57. The fourth-order valence-corrected chi connectivity index (χ4v) is 4.45. The van der Waals surface area contributed by atoms with Crippen molar-refractivity contribution >= 4 is 11.8 Å². The van der Waals surface area contributed by atoms with Crippen molar-refractivity contribution in [3.05, 3.63) is 53.3 Å². The van der Waals surface area contributed by atoms with Crippen LogP contribution in [-0.2, 0) is 9.47 Å². The van der Waals surface area contributed by atoms with E-state index in [0.717, 1.165) is 25.9 Å². The second-order valence-corrected chi connectivity index (χ2v) is 9.02. The SMILES string of the molecule is COCCCOc1cc(C(=O)N[C@@H]2CCCNC2)ccc1-c1cc(C(=O)N2CCOCC2)ccc1F. The number of piperidine rings is 1. The number of amides is 2. The number of carbonyl (C=O) groups excluding carboxylic acids is 2. The summed E-state index contributed by atoms with van der Waals surface area (Å²) in [6.45, 7) is 4.52. The van der Waals surface area contributed by atoms with Crippen LogP contribution in [0, 0.1) is 5.82 Å². The van der Waals surface area contributed by atoms with Crippen molar-refractivity contribution < 1.29 is 28.2 Å². The van der Waals surface area contributed by atoms with Crippen molar-refractivity contribution in [3.63, 3.8) is 0 Å². The van der Waals surface area contributed by atoms with Crippen LogP contribution in [0.1, 0.15) is 40.0 Å². The van der Waals surface area contributed by atoms with Crippen molar-refractivity contribution in [1.29, 1.82) is 0 Å². The average Bonchev–Trinajstić information content (AvgIpc) is 2.92. The largest absolute Gasteiger partial charge is 0.493 e. The Balaban J connectivity index is 1.61. The number of ether oxygens (including phenoxy) is 3. The summed E-state index contributed by atoms with van der Waals surface area (Å²) in [7, 11) is 1.61. The molecule has 0 spiro atoms. The van der Waals surface area contributed by atoms with Crippen LogP contribution in [0.4, 0.5) is 4.39 Å². The van der Waals surface area contributed by atoms with Gasteiger partial charge in [0.25, 0.3) is 11.8 Å². The lowest BCUT2D eigenvalue weighted by Crippen LogP contribution is -2.45. The third kappa shape index (κ3) is 6.60. The quantitative estimate of drug-likeness (QED) is 0.516. The molecule has 36 heavy (non-hydrogen) atoms. The highest BCUT2D eigenvalue weighted by Crippen LogP contribution is 2.34. The summed E-state index contributed by atoms with van der Waals surface area (Å²) in [6, 6.07) is 9.41. The van der Waals surface area contributed by atoms with Crippen LogP contribution in [-0.4, -0.2) is 82.5 Å². The molecule has 2 amide bonds. The molecule has 2 N–H and O–H groups in total. The first-order valence-corrected chi connectivity index (χ1v) is 12.5. The van der Waals surface area contributed by atoms with Crippen molar-refractivity contribution in [3.8, 4) is 16.9 Å². The van der Waals surface area contributed by atoms with Crippen LogP contribution in [0.3, 0.4) is 0 Å². The van der Waals surface area contributed by atoms with E-state index in [1.807, 2.05) is 0 Å². The molecule has 0 bridgehead atoms. The zero-order valence-electron chi connectivity index (χ0n) is 20.7. The maximum absolute atomic E-state index is 15.0. The van der Waals surface area contributed by atoms with E-state index in [1.54, 1.807) is 36.3 Å². The highest BCUT2D eigenvalue weighted by atomic mass is 19.1. The summed E-state index contributed by atoms with van der Waals surface area (Å²) in [5.74, 6) is -0.455. The molecule has 1 atom stereocenters. The van der Waals surface area contributed by atoms with Gasteiger partial charge in [-0.15, -0.1) is 0 Å². The Kier molecular flexibility index (Phi) is 9.27. The fourth-order valence-electron chi connectivity index (χ4n) is 4.45. The summed E-state index contributed by atoms with van der Waals surface area (Å²) >= 11 is 0. The van der Waals surface area contributed by atoms with E-state index in [0.29, 0.717) is 68.4 Å². The Bertz CT molecular complexity index is 1050. The molecule has 194 valence electrons. The van der Waals surface area contributed by atoms with E-state index in [9.17, 15) is 9.59 Å². The zero-order chi connectivity index (χ0) is 25.3. The average molecular weight is 500 g/mol. The smallest absolute Gasteiger partial charge is 0.254 e. The number of hydrogen-bond donors (Lipinski definition) is 2. The molecule has 2 heterocycles. The predicted octanol–water partition coefficient (Wildman–Crippen LogP) is 2.86. The minimum atomic E-state index is -0.472. The summed E-state index contributed by atoms with van der Waals surface area (Å²) in [4.78, 5) is 27.6. The van der Waals surface area contributed by atoms with Gasteiger partial charge in [0.05, 0.1) is 19.8 Å². The third-order valence-corrected chi connectivity index (χ3v) is 6.43. The second kappa shape index (κ2) is 12.8. The molecule has 2 aromatic rings. The van der Waals surface area contributed by atoms with Gasteiger partial charge in [-0.1, -0.05) is 0 Å². The Morgan fingerprint density at radius 1 is 1.11 bits per heavy atom. The topological polar surface area (TPSA) is 89.1 Å². The Morgan fingerprint density at radius 3 is 2.67 bits per heavy atom. The number of methoxy groups -OCH3 is 1. The number of benzene rings is 2. The Morgan fingerprint density at radius 2 is 1.92 bits per heavy atom. The van der Waals surface area contributed by atoms with E-state index < -0.39 is 5.82 Å². The molecule has 0 radical (unpaired) electrons. The molecule has 9 heteroatoms. The minimum absolute atomic E-state index is 0.0670. The van der Waals surface area contributed by atoms with E-state index in [1.165, 1.54) is 12.1 Å². The van der Waals surface area contributed by atoms with Crippen molar-refractivity contribution in [2.24, 2.45) is 0 Å². The number of halogens is 1. The number of nitrogens with zero attached hydrogens (tertiary/aromatic N) is 1. The summed E-state index contributed by atoms with van der Waals surface area (Å²) < 4.78 is 31.5. The molecule has 2 saturated heterocycles. The first-order chi connectivity index (χ1) is 17.6. The first-order valence-electron chi connectivity index (χ1n) is 12.5. The lowest BCUT2D eigenvalue weighted by atomic mass is 9.98. The molecule has 2 aliphatic heterocycles. The van der Waals surface area contributed by atoms with Crippen LogP contribution >= 0.6 is 0 Å². The van der Waals surface area contributed by atoms with Gasteiger partial charge in [0.1, 0.15) is 11.6 Å². The van der Waals surface area contributed by atoms with Gasteiger partial charge < -0.3 is 29.7 Å². The predicted molar refractivity (Wildman–Crippen MR) is 134 cm³/mol. The lowest BCUT2D eigenvalue weighted by molar-refractivity contribution is 0.0303.